The van der Waals surface area contributed by atoms with Gasteiger partial charge in [0.15, 0.2) is 11.2 Å². The molecule has 1 unspecified atom stereocenters. The molecule has 5 heteroatoms. The van der Waals surface area contributed by atoms with Gasteiger partial charge in [-0.05, 0) is 23.6 Å². The summed E-state index contributed by atoms with van der Waals surface area (Å²) in [5, 5.41) is 0. The van der Waals surface area contributed by atoms with E-state index in [1.54, 1.807) is 55.5 Å². The molecule has 0 spiro atoms. The van der Waals surface area contributed by atoms with Crippen molar-refractivity contribution in [2.24, 2.45) is 5.41 Å². The lowest BCUT2D eigenvalue weighted by Gasteiger charge is -2.24. The number of hydrogen-bond donors (Lipinski definition) is 0. The summed E-state index contributed by atoms with van der Waals surface area (Å²) >= 11 is 0. The highest BCUT2D eigenvalue weighted by Gasteiger charge is 2.59. The number of aryl methyl sites for hydroxylation is 1. The molecule has 0 saturated carbocycles. The number of esters is 1. The van der Waals surface area contributed by atoms with Gasteiger partial charge in [-0.15, -0.1) is 0 Å². The fourth-order valence-electron chi connectivity index (χ4n) is 3.09. The van der Waals surface area contributed by atoms with E-state index in [9.17, 15) is 18.4 Å². The number of hydrogen-bond acceptors (Lipinski definition) is 3. The molecule has 0 amide bonds. The van der Waals surface area contributed by atoms with Crippen molar-refractivity contribution in [3.05, 3.63) is 70.8 Å². The highest BCUT2D eigenvalue weighted by molar-refractivity contribution is 6.17. The fourth-order valence-corrected chi connectivity index (χ4v) is 3.09. The van der Waals surface area contributed by atoms with Gasteiger partial charge in [0.05, 0.1) is 0 Å². The second-order valence-corrected chi connectivity index (χ2v) is 5.95. The van der Waals surface area contributed by atoms with Crippen molar-refractivity contribution in [3.8, 4) is 0 Å². The zero-order chi connectivity index (χ0) is 17.3. The molecule has 0 heterocycles. The van der Waals surface area contributed by atoms with Crippen LogP contribution >= 0.6 is 0 Å². The minimum absolute atomic E-state index is 0.142. The third-order valence-electron chi connectivity index (χ3n) is 4.41. The number of halogens is 2. The Kier molecular flexibility index (Phi) is 4.18. The first-order valence-electron chi connectivity index (χ1n) is 7.59. The van der Waals surface area contributed by atoms with Crippen LogP contribution in [0.3, 0.4) is 0 Å². The molecule has 0 fully saturated rings. The molecule has 1 aliphatic carbocycles. The molecule has 1 aliphatic rings. The normalized spacial score (nSPS) is 19.4. The zero-order valence-corrected chi connectivity index (χ0v) is 13.1. The molecular formula is C19H16F2O3. The van der Waals surface area contributed by atoms with E-state index < -0.39 is 23.6 Å². The first-order valence-corrected chi connectivity index (χ1v) is 7.59. The predicted molar refractivity (Wildman–Crippen MR) is 83.9 cm³/mol. The molecule has 0 saturated heterocycles. The van der Waals surface area contributed by atoms with Gasteiger partial charge in [0, 0.05) is 12.0 Å². The molecule has 0 bridgehead atoms. The van der Waals surface area contributed by atoms with Crippen molar-refractivity contribution >= 4 is 11.8 Å². The molecule has 0 N–H and O–H groups in total. The van der Waals surface area contributed by atoms with Crippen molar-refractivity contribution in [2.75, 3.05) is 0 Å². The van der Waals surface area contributed by atoms with Crippen LogP contribution in [0.15, 0.2) is 48.5 Å². The Morgan fingerprint density at radius 2 is 1.88 bits per heavy atom. The van der Waals surface area contributed by atoms with Crippen molar-refractivity contribution in [3.63, 3.8) is 0 Å². The van der Waals surface area contributed by atoms with E-state index in [1.807, 2.05) is 0 Å². The van der Waals surface area contributed by atoms with Gasteiger partial charge < -0.3 is 4.74 Å². The second-order valence-electron chi connectivity index (χ2n) is 5.95. The minimum atomic E-state index is -3.12. The number of alkyl halides is 2. The van der Waals surface area contributed by atoms with E-state index in [0.717, 1.165) is 0 Å². The van der Waals surface area contributed by atoms with Crippen LogP contribution < -0.4 is 0 Å². The highest BCUT2D eigenvalue weighted by atomic mass is 19.3. The van der Waals surface area contributed by atoms with Crippen molar-refractivity contribution in [1.29, 1.82) is 0 Å². The first-order chi connectivity index (χ1) is 11.5. The molecule has 3 nitrogen and oxygen atoms in total. The maximum Gasteiger partial charge on any atom is 0.326 e. The summed E-state index contributed by atoms with van der Waals surface area (Å²) in [6.07, 6.45) is -3.45. The van der Waals surface area contributed by atoms with E-state index in [1.165, 1.54) is 0 Å². The van der Waals surface area contributed by atoms with E-state index in [2.05, 4.69) is 0 Å². The summed E-state index contributed by atoms with van der Waals surface area (Å²) in [5.74, 6) is -2.01. The van der Waals surface area contributed by atoms with Crippen LogP contribution in [0.1, 0.15) is 27.0 Å². The summed E-state index contributed by atoms with van der Waals surface area (Å²) in [5.41, 5.74) is -0.486. The maximum atomic E-state index is 13.8. The van der Waals surface area contributed by atoms with Gasteiger partial charge in [-0.25, -0.2) is 8.78 Å². The summed E-state index contributed by atoms with van der Waals surface area (Å²) in [6.45, 7) is 1.53. The molecule has 0 radical (unpaired) electrons. The molecule has 2 aromatic rings. The Hall–Kier alpha value is -2.56. The minimum Gasteiger partial charge on any atom is -0.460 e. The number of carbonyl (C=O) groups excluding carboxylic acids is 2. The summed E-state index contributed by atoms with van der Waals surface area (Å²) in [7, 11) is 0. The summed E-state index contributed by atoms with van der Waals surface area (Å²) in [4.78, 5) is 25.1. The standard InChI is InChI=1S/C19H16F2O3/c1-12-6-5-9-14-10-19(17(20)21,16(22)15(12)14)18(23)24-11-13-7-3-2-4-8-13/h2-9,17H,10-11H2,1H3. The number of carbonyl (C=O) groups is 2. The lowest BCUT2D eigenvalue weighted by Crippen LogP contribution is -2.45. The van der Waals surface area contributed by atoms with Crippen LogP contribution in [0.5, 0.6) is 0 Å². The van der Waals surface area contributed by atoms with E-state index >= 15 is 0 Å². The average Bonchev–Trinajstić information content (AvgIpc) is 2.89. The van der Waals surface area contributed by atoms with E-state index in [4.69, 9.17) is 4.74 Å². The van der Waals surface area contributed by atoms with Gasteiger partial charge >= 0.3 is 5.97 Å². The van der Waals surface area contributed by atoms with Gasteiger partial charge in [-0.1, -0.05) is 48.5 Å². The molecule has 0 aliphatic heterocycles. The Morgan fingerprint density at radius 1 is 1.17 bits per heavy atom. The lowest BCUT2D eigenvalue weighted by atomic mass is 9.83. The molecular weight excluding hydrogens is 314 g/mol. The smallest absolute Gasteiger partial charge is 0.326 e. The van der Waals surface area contributed by atoms with Crippen LogP contribution in [0.25, 0.3) is 0 Å². The number of rotatable bonds is 4. The van der Waals surface area contributed by atoms with Crippen molar-refractivity contribution in [2.45, 2.75) is 26.4 Å². The molecule has 1 atom stereocenters. The Morgan fingerprint density at radius 3 is 2.50 bits per heavy atom. The largest absolute Gasteiger partial charge is 0.460 e. The van der Waals surface area contributed by atoms with Crippen molar-refractivity contribution < 1.29 is 23.1 Å². The fraction of sp³-hybridized carbons (Fsp3) is 0.263. The third kappa shape index (κ3) is 2.50. The maximum absolute atomic E-state index is 13.8. The number of ketones is 1. The van der Waals surface area contributed by atoms with Gasteiger partial charge in [0.2, 0.25) is 0 Å². The van der Waals surface area contributed by atoms with Gasteiger partial charge in [-0.2, -0.15) is 0 Å². The lowest BCUT2D eigenvalue weighted by molar-refractivity contribution is -0.161. The molecule has 0 aromatic heterocycles. The molecule has 124 valence electrons. The average molecular weight is 330 g/mol. The van der Waals surface area contributed by atoms with Crippen LogP contribution in [0.4, 0.5) is 8.78 Å². The number of benzene rings is 2. The predicted octanol–water partition coefficient (Wildman–Crippen LogP) is 3.73. The number of Topliss-reactive ketones (excluding diaryl/α,β-unsaturated/α-hetero) is 1. The molecule has 2 aromatic carbocycles. The Balaban J connectivity index is 1.89. The topological polar surface area (TPSA) is 43.4 Å². The van der Waals surface area contributed by atoms with Crippen LogP contribution in [-0.2, 0) is 22.6 Å². The zero-order valence-electron chi connectivity index (χ0n) is 13.1. The van der Waals surface area contributed by atoms with Gasteiger partial charge in [0.1, 0.15) is 6.61 Å². The van der Waals surface area contributed by atoms with Crippen LogP contribution in [0, 0.1) is 12.3 Å². The Bertz CT molecular complexity index is 786. The highest BCUT2D eigenvalue weighted by Crippen LogP contribution is 2.43. The first kappa shape index (κ1) is 16.3. The Labute approximate surface area is 138 Å². The molecule has 24 heavy (non-hydrogen) atoms. The molecule has 3 rings (SSSR count). The monoisotopic (exact) mass is 330 g/mol. The van der Waals surface area contributed by atoms with E-state index in [0.29, 0.717) is 16.7 Å². The van der Waals surface area contributed by atoms with Crippen molar-refractivity contribution in [1.82, 2.24) is 0 Å². The van der Waals surface area contributed by atoms with Gasteiger partial charge in [-0.3, -0.25) is 9.59 Å². The number of fused-ring (bicyclic) bond motifs is 1. The second kappa shape index (κ2) is 6.15. The van der Waals surface area contributed by atoms with Crippen LogP contribution in [0.2, 0.25) is 0 Å². The van der Waals surface area contributed by atoms with Crippen LogP contribution in [-0.4, -0.2) is 18.2 Å². The SMILES string of the molecule is Cc1cccc2c1C(=O)C(C(=O)OCc1ccccc1)(C(F)F)C2. The number of ether oxygens (including phenoxy) is 1. The third-order valence-corrected chi connectivity index (χ3v) is 4.41. The summed E-state index contributed by atoms with van der Waals surface area (Å²) < 4.78 is 32.7. The quantitative estimate of drug-likeness (QED) is 0.634. The summed E-state index contributed by atoms with van der Waals surface area (Å²) in [6, 6.07) is 13.7. The van der Waals surface area contributed by atoms with E-state index in [-0.39, 0.29) is 18.6 Å². The van der Waals surface area contributed by atoms with Gasteiger partial charge in [0.25, 0.3) is 6.43 Å².